The van der Waals surface area contributed by atoms with Gasteiger partial charge in [0, 0.05) is 13.6 Å². The number of piperidine rings is 1. The Hall–Kier alpha value is -1.63. The maximum absolute atomic E-state index is 11.9. The number of hydrogen-bond acceptors (Lipinski definition) is 6. The van der Waals surface area contributed by atoms with E-state index in [4.69, 9.17) is 4.42 Å². The van der Waals surface area contributed by atoms with E-state index in [1.54, 1.807) is 7.05 Å². The molecule has 1 unspecified atom stereocenters. The number of carbonyl (C=O) groups is 1. The van der Waals surface area contributed by atoms with Crippen LogP contribution in [0.15, 0.2) is 4.42 Å². The summed E-state index contributed by atoms with van der Waals surface area (Å²) in [6.07, 6.45) is 3.98. The molecule has 1 aromatic heterocycles. The molecule has 1 aliphatic rings. The summed E-state index contributed by atoms with van der Waals surface area (Å²) in [5.41, 5.74) is 0. The van der Waals surface area contributed by atoms with E-state index in [0.29, 0.717) is 18.5 Å². The summed E-state index contributed by atoms with van der Waals surface area (Å²) in [6.45, 7) is 4.37. The van der Waals surface area contributed by atoms with Crippen LogP contribution < -0.4 is 15.5 Å². The summed E-state index contributed by atoms with van der Waals surface area (Å²) in [7, 11) is 1.66. The van der Waals surface area contributed by atoms with Crippen molar-refractivity contribution in [2.24, 2.45) is 0 Å². The second kappa shape index (κ2) is 7.23. The number of carbonyl (C=O) groups excluding carboxylic acids is 1. The van der Waals surface area contributed by atoms with Crippen LogP contribution in [0.25, 0.3) is 0 Å². The smallest absolute Gasteiger partial charge is 0.318 e. The van der Waals surface area contributed by atoms with Crippen molar-refractivity contribution in [2.45, 2.75) is 45.2 Å². The molecule has 1 amide bonds. The Morgan fingerprint density at radius 2 is 2.30 bits per heavy atom. The zero-order chi connectivity index (χ0) is 14.4. The van der Waals surface area contributed by atoms with Gasteiger partial charge in [-0.2, -0.15) is 0 Å². The van der Waals surface area contributed by atoms with Gasteiger partial charge in [0.2, 0.25) is 11.8 Å². The normalized spacial score (nSPS) is 19.1. The minimum atomic E-state index is -0.203. The van der Waals surface area contributed by atoms with Crippen LogP contribution in [0.4, 0.5) is 6.01 Å². The van der Waals surface area contributed by atoms with Crippen molar-refractivity contribution in [1.82, 2.24) is 20.8 Å². The van der Waals surface area contributed by atoms with Gasteiger partial charge in [-0.05, 0) is 32.2 Å². The number of aromatic nitrogens is 2. The van der Waals surface area contributed by atoms with Crippen LogP contribution in [-0.4, -0.2) is 42.3 Å². The second-order valence-corrected chi connectivity index (χ2v) is 4.97. The fraction of sp³-hybridized carbons (Fsp3) is 0.769. The molecule has 0 spiro atoms. The standard InChI is InChI=1S/C13H23N5O2/c1-3-7-15-9-11-16-17-13(20-11)18-8-5-4-6-10(18)12(19)14-2/h10,15H,3-9H2,1-2H3,(H,14,19). The lowest BCUT2D eigenvalue weighted by molar-refractivity contribution is -0.122. The van der Waals surface area contributed by atoms with Gasteiger partial charge in [-0.3, -0.25) is 4.79 Å². The number of likely N-dealkylation sites (N-methyl/N-ethyl adjacent to an activating group) is 1. The van der Waals surface area contributed by atoms with Crippen molar-refractivity contribution in [3.8, 4) is 0 Å². The summed E-state index contributed by atoms with van der Waals surface area (Å²) in [6, 6.07) is 0.247. The van der Waals surface area contributed by atoms with Gasteiger partial charge in [0.25, 0.3) is 0 Å². The maximum Gasteiger partial charge on any atom is 0.318 e. The molecule has 2 heterocycles. The molecule has 0 radical (unpaired) electrons. The first kappa shape index (κ1) is 14.8. The van der Waals surface area contributed by atoms with Gasteiger partial charge in [-0.1, -0.05) is 12.0 Å². The minimum absolute atomic E-state index is 0.00792. The van der Waals surface area contributed by atoms with Crippen LogP contribution in [0, 0.1) is 0 Å². The first-order valence-corrected chi connectivity index (χ1v) is 7.27. The number of rotatable bonds is 6. The third-order valence-electron chi connectivity index (χ3n) is 3.46. The molecule has 2 rings (SSSR count). The minimum Gasteiger partial charge on any atom is -0.407 e. The number of hydrogen-bond donors (Lipinski definition) is 2. The van der Waals surface area contributed by atoms with E-state index in [2.05, 4.69) is 27.8 Å². The molecule has 20 heavy (non-hydrogen) atoms. The van der Waals surface area contributed by atoms with Crippen LogP contribution in [0.1, 0.15) is 38.5 Å². The van der Waals surface area contributed by atoms with Crippen LogP contribution in [0.2, 0.25) is 0 Å². The monoisotopic (exact) mass is 281 g/mol. The molecule has 1 fully saturated rings. The molecule has 7 nitrogen and oxygen atoms in total. The molecule has 1 aliphatic heterocycles. The molecular weight excluding hydrogens is 258 g/mol. The van der Waals surface area contributed by atoms with Crippen LogP contribution in [0.5, 0.6) is 0 Å². The van der Waals surface area contributed by atoms with E-state index in [1.165, 1.54) is 0 Å². The zero-order valence-corrected chi connectivity index (χ0v) is 12.2. The Morgan fingerprint density at radius 3 is 3.05 bits per heavy atom. The van der Waals surface area contributed by atoms with Gasteiger partial charge < -0.3 is 20.0 Å². The lowest BCUT2D eigenvalue weighted by Gasteiger charge is -2.32. The summed E-state index contributed by atoms with van der Waals surface area (Å²) >= 11 is 0. The number of nitrogens with one attached hydrogen (secondary N) is 2. The van der Waals surface area contributed by atoms with Gasteiger partial charge in [-0.15, -0.1) is 5.10 Å². The fourth-order valence-electron chi connectivity index (χ4n) is 2.40. The molecule has 0 bridgehead atoms. The topological polar surface area (TPSA) is 83.3 Å². The van der Waals surface area contributed by atoms with Gasteiger partial charge >= 0.3 is 6.01 Å². The van der Waals surface area contributed by atoms with Crippen molar-refractivity contribution in [3.05, 3.63) is 5.89 Å². The Kier molecular flexibility index (Phi) is 5.34. The number of amides is 1. The SMILES string of the molecule is CCCNCc1nnc(N2CCCCC2C(=O)NC)o1. The van der Waals surface area contributed by atoms with E-state index in [1.807, 2.05) is 4.90 Å². The fourth-order valence-corrected chi connectivity index (χ4v) is 2.40. The molecule has 112 valence electrons. The van der Waals surface area contributed by atoms with Crippen LogP contribution in [-0.2, 0) is 11.3 Å². The molecule has 0 aromatic carbocycles. The highest BCUT2D eigenvalue weighted by Crippen LogP contribution is 2.23. The predicted molar refractivity (Wildman–Crippen MR) is 75.3 cm³/mol. The van der Waals surface area contributed by atoms with Gasteiger partial charge in [0.05, 0.1) is 6.54 Å². The molecule has 1 atom stereocenters. The Labute approximate surface area is 119 Å². The van der Waals surface area contributed by atoms with E-state index < -0.39 is 0 Å². The Balaban J connectivity index is 2.02. The van der Waals surface area contributed by atoms with Crippen molar-refractivity contribution in [2.75, 3.05) is 25.0 Å². The van der Waals surface area contributed by atoms with Gasteiger partial charge in [-0.25, -0.2) is 0 Å². The Bertz CT molecular complexity index is 434. The lowest BCUT2D eigenvalue weighted by atomic mass is 10.0. The molecule has 1 saturated heterocycles. The molecular formula is C13H23N5O2. The van der Waals surface area contributed by atoms with E-state index >= 15 is 0 Å². The first-order chi connectivity index (χ1) is 9.76. The second-order valence-electron chi connectivity index (χ2n) is 4.97. The average molecular weight is 281 g/mol. The summed E-state index contributed by atoms with van der Waals surface area (Å²) < 4.78 is 5.66. The highest BCUT2D eigenvalue weighted by molar-refractivity contribution is 5.84. The van der Waals surface area contributed by atoms with E-state index in [9.17, 15) is 4.79 Å². The lowest BCUT2D eigenvalue weighted by Crippen LogP contribution is -2.49. The van der Waals surface area contributed by atoms with Crippen molar-refractivity contribution >= 4 is 11.9 Å². The summed E-state index contributed by atoms with van der Waals surface area (Å²) in [4.78, 5) is 13.8. The first-order valence-electron chi connectivity index (χ1n) is 7.27. The van der Waals surface area contributed by atoms with Crippen LogP contribution >= 0.6 is 0 Å². The van der Waals surface area contributed by atoms with Crippen molar-refractivity contribution in [1.29, 1.82) is 0 Å². The van der Waals surface area contributed by atoms with Gasteiger partial charge in [0.15, 0.2) is 0 Å². The zero-order valence-electron chi connectivity index (χ0n) is 12.2. The third kappa shape index (κ3) is 3.47. The van der Waals surface area contributed by atoms with Gasteiger partial charge in [0.1, 0.15) is 6.04 Å². The summed E-state index contributed by atoms with van der Waals surface area (Å²) in [5, 5.41) is 14.0. The molecule has 2 N–H and O–H groups in total. The molecule has 7 heteroatoms. The molecule has 1 aromatic rings. The van der Waals surface area contributed by atoms with Crippen molar-refractivity contribution < 1.29 is 9.21 Å². The van der Waals surface area contributed by atoms with E-state index in [0.717, 1.165) is 38.8 Å². The molecule has 0 saturated carbocycles. The highest BCUT2D eigenvalue weighted by atomic mass is 16.4. The highest BCUT2D eigenvalue weighted by Gasteiger charge is 2.31. The quantitative estimate of drug-likeness (QED) is 0.746. The maximum atomic E-state index is 11.9. The number of anilines is 1. The summed E-state index contributed by atoms with van der Waals surface area (Å²) in [5.74, 6) is 0.572. The average Bonchev–Trinajstić information content (AvgIpc) is 2.95. The third-order valence-corrected chi connectivity index (χ3v) is 3.46. The van der Waals surface area contributed by atoms with Crippen molar-refractivity contribution in [3.63, 3.8) is 0 Å². The van der Waals surface area contributed by atoms with Crippen LogP contribution in [0.3, 0.4) is 0 Å². The predicted octanol–water partition coefficient (Wildman–Crippen LogP) is 0.674. The largest absolute Gasteiger partial charge is 0.407 e. The molecule has 0 aliphatic carbocycles. The van der Waals surface area contributed by atoms with E-state index in [-0.39, 0.29) is 11.9 Å². The number of nitrogens with zero attached hydrogens (tertiary/aromatic N) is 3. The Morgan fingerprint density at radius 1 is 1.45 bits per heavy atom.